The number of anilines is 1. The molecule has 0 saturated carbocycles. The predicted octanol–water partition coefficient (Wildman–Crippen LogP) is 4.66. The third-order valence-corrected chi connectivity index (χ3v) is 7.52. The standard InChI is InChI=1S/C29H27N9O/c1-36-8-5-23(6-9-36)38-18-22(15-33-38)35-29(39)21-11-24-25(16-32-28(24)31-14-21)19-4-10-37-27(12-19)26(17-34-37)20-3-2-7-30-13-20/h2-4,7,10-18,23H,5-6,8-9H2,1H3,(H,31,32)(H,35,39). The van der Waals surface area contributed by atoms with Gasteiger partial charge in [0.25, 0.3) is 5.91 Å². The molecule has 10 nitrogen and oxygen atoms in total. The van der Waals surface area contributed by atoms with Gasteiger partial charge in [0.2, 0.25) is 0 Å². The van der Waals surface area contributed by atoms with Crippen molar-refractivity contribution in [1.29, 1.82) is 0 Å². The molecule has 6 aromatic rings. The molecule has 7 heterocycles. The van der Waals surface area contributed by atoms with Gasteiger partial charge in [-0.05, 0) is 62.8 Å². The lowest BCUT2D eigenvalue weighted by atomic mass is 10.0. The quantitative estimate of drug-likeness (QED) is 0.344. The highest BCUT2D eigenvalue weighted by Gasteiger charge is 2.20. The van der Waals surface area contributed by atoms with Crippen molar-refractivity contribution in [2.24, 2.45) is 0 Å². The third kappa shape index (κ3) is 4.34. The Balaban J connectivity index is 1.17. The summed E-state index contributed by atoms with van der Waals surface area (Å²) in [7, 11) is 2.14. The average molecular weight is 518 g/mol. The van der Waals surface area contributed by atoms with Gasteiger partial charge in [0, 0.05) is 59.3 Å². The highest BCUT2D eigenvalue weighted by molar-refractivity contribution is 6.07. The van der Waals surface area contributed by atoms with E-state index in [0.717, 1.165) is 64.7 Å². The first-order valence-electron chi connectivity index (χ1n) is 13.0. The normalized spacial score (nSPS) is 14.8. The van der Waals surface area contributed by atoms with Gasteiger partial charge in [0.1, 0.15) is 5.65 Å². The number of carbonyl (C=O) groups excluding carboxylic acids is 1. The molecule has 0 aliphatic carbocycles. The van der Waals surface area contributed by atoms with E-state index in [2.05, 4.69) is 48.5 Å². The highest BCUT2D eigenvalue weighted by Crippen LogP contribution is 2.32. The van der Waals surface area contributed by atoms with Gasteiger partial charge >= 0.3 is 0 Å². The largest absolute Gasteiger partial charge is 0.346 e. The average Bonchev–Trinajstić information content (AvgIpc) is 3.71. The summed E-state index contributed by atoms with van der Waals surface area (Å²) in [5.74, 6) is -0.218. The Morgan fingerprint density at radius 1 is 1.03 bits per heavy atom. The summed E-state index contributed by atoms with van der Waals surface area (Å²) in [6.07, 6.45) is 16.6. The van der Waals surface area contributed by atoms with Crippen molar-refractivity contribution in [2.45, 2.75) is 18.9 Å². The Hall–Kier alpha value is -4.83. The van der Waals surface area contributed by atoms with Gasteiger partial charge in [-0.25, -0.2) is 9.50 Å². The van der Waals surface area contributed by atoms with Crippen LogP contribution in [0.4, 0.5) is 5.69 Å². The van der Waals surface area contributed by atoms with Crippen molar-refractivity contribution in [3.8, 4) is 22.3 Å². The maximum Gasteiger partial charge on any atom is 0.257 e. The summed E-state index contributed by atoms with van der Waals surface area (Å²) in [6, 6.07) is 10.3. The first kappa shape index (κ1) is 23.3. The van der Waals surface area contributed by atoms with Crippen molar-refractivity contribution >= 4 is 28.1 Å². The molecule has 0 bridgehead atoms. The Bertz CT molecular complexity index is 1790. The Morgan fingerprint density at radius 2 is 1.92 bits per heavy atom. The first-order chi connectivity index (χ1) is 19.1. The van der Waals surface area contributed by atoms with Crippen LogP contribution in [-0.2, 0) is 0 Å². The number of aromatic amines is 1. The zero-order chi connectivity index (χ0) is 26.3. The molecule has 0 spiro atoms. The summed E-state index contributed by atoms with van der Waals surface area (Å²) >= 11 is 0. The van der Waals surface area contributed by atoms with Gasteiger partial charge in [0.15, 0.2) is 0 Å². The van der Waals surface area contributed by atoms with Crippen LogP contribution >= 0.6 is 0 Å². The van der Waals surface area contributed by atoms with Gasteiger partial charge in [0.05, 0.1) is 35.2 Å². The van der Waals surface area contributed by atoms with E-state index in [4.69, 9.17) is 0 Å². The number of nitrogens with zero attached hydrogens (tertiary/aromatic N) is 7. The summed E-state index contributed by atoms with van der Waals surface area (Å²) in [4.78, 5) is 27.5. The van der Waals surface area contributed by atoms with E-state index in [1.807, 2.05) is 64.4 Å². The zero-order valence-corrected chi connectivity index (χ0v) is 21.5. The lowest BCUT2D eigenvalue weighted by molar-refractivity contribution is 0.102. The molecule has 6 aromatic heterocycles. The second-order valence-electron chi connectivity index (χ2n) is 10.1. The SMILES string of the molecule is CN1CCC(n2cc(NC(=O)c3cnc4[nH]cc(-c5ccn6ncc(-c7cccnc7)c6c5)c4c3)cn2)CC1. The molecule has 1 aliphatic heterocycles. The number of likely N-dealkylation sites (tertiary alicyclic amines) is 1. The number of piperidine rings is 1. The number of fused-ring (bicyclic) bond motifs is 2. The predicted molar refractivity (Wildman–Crippen MR) is 149 cm³/mol. The van der Waals surface area contributed by atoms with Crippen LogP contribution in [-0.4, -0.2) is 65.3 Å². The smallest absolute Gasteiger partial charge is 0.257 e. The minimum atomic E-state index is -0.218. The summed E-state index contributed by atoms with van der Waals surface area (Å²) < 4.78 is 3.82. The van der Waals surface area contributed by atoms with Crippen LogP contribution in [0.3, 0.4) is 0 Å². The number of carbonyl (C=O) groups is 1. The van der Waals surface area contributed by atoms with Crippen LogP contribution in [0.15, 0.2) is 79.9 Å². The molecular formula is C29H27N9O. The summed E-state index contributed by atoms with van der Waals surface area (Å²) in [5.41, 5.74) is 6.82. The van der Waals surface area contributed by atoms with Crippen LogP contribution < -0.4 is 5.32 Å². The molecule has 194 valence electrons. The lowest BCUT2D eigenvalue weighted by Gasteiger charge is -2.28. The van der Waals surface area contributed by atoms with Crippen molar-refractivity contribution < 1.29 is 4.79 Å². The van der Waals surface area contributed by atoms with E-state index in [1.54, 1.807) is 18.6 Å². The topological polar surface area (TPSA) is 109 Å². The second-order valence-corrected chi connectivity index (χ2v) is 10.1. The van der Waals surface area contributed by atoms with Gasteiger partial charge in [-0.2, -0.15) is 10.2 Å². The van der Waals surface area contributed by atoms with E-state index >= 15 is 0 Å². The number of nitrogens with one attached hydrogen (secondary N) is 2. The molecule has 39 heavy (non-hydrogen) atoms. The van der Waals surface area contributed by atoms with Gasteiger partial charge in [-0.15, -0.1) is 0 Å². The van der Waals surface area contributed by atoms with Crippen LogP contribution in [0, 0.1) is 0 Å². The number of amides is 1. The van der Waals surface area contributed by atoms with Gasteiger partial charge in [-0.1, -0.05) is 6.07 Å². The van der Waals surface area contributed by atoms with Crippen LogP contribution in [0.25, 0.3) is 38.8 Å². The fraction of sp³-hybridized carbons (Fsp3) is 0.207. The van der Waals surface area contributed by atoms with E-state index in [1.165, 1.54) is 0 Å². The van der Waals surface area contributed by atoms with E-state index in [0.29, 0.717) is 17.3 Å². The van der Waals surface area contributed by atoms with E-state index < -0.39 is 0 Å². The summed E-state index contributed by atoms with van der Waals surface area (Å²) in [5, 5.41) is 12.9. The minimum Gasteiger partial charge on any atom is -0.346 e. The third-order valence-electron chi connectivity index (χ3n) is 7.52. The van der Waals surface area contributed by atoms with Crippen LogP contribution in [0.5, 0.6) is 0 Å². The highest BCUT2D eigenvalue weighted by atomic mass is 16.1. The molecule has 10 heteroatoms. The van der Waals surface area contributed by atoms with Crippen LogP contribution in [0.1, 0.15) is 29.2 Å². The van der Waals surface area contributed by atoms with Crippen molar-refractivity contribution in [3.63, 3.8) is 0 Å². The van der Waals surface area contributed by atoms with Gasteiger partial charge < -0.3 is 15.2 Å². The van der Waals surface area contributed by atoms with Crippen molar-refractivity contribution in [3.05, 3.63) is 85.5 Å². The van der Waals surface area contributed by atoms with E-state index in [9.17, 15) is 4.79 Å². The number of aromatic nitrogens is 7. The molecule has 1 amide bonds. The fourth-order valence-electron chi connectivity index (χ4n) is 5.32. The fourth-order valence-corrected chi connectivity index (χ4v) is 5.32. The Labute approximate surface area is 224 Å². The number of rotatable bonds is 5. The monoisotopic (exact) mass is 517 g/mol. The summed E-state index contributed by atoms with van der Waals surface area (Å²) in [6.45, 7) is 2.10. The number of hydrogen-bond donors (Lipinski definition) is 2. The molecule has 0 radical (unpaired) electrons. The Kier molecular flexibility index (Phi) is 5.66. The molecule has 0 aromatic carbocycles. The molecule has 2 N–H and O–H groups in total. The first-order valence-corrected chi connectivity index (χ1v) is 13.0. The van der Waals surface area contributed by atoms with Crippen molar-refractivity contribution in [1.82, 2.24) is 39.2 Å². The molecule has 1 saturated heterocycles. The molecule has 1 fully saturated rings. The maximum atomic E-state index is 13.2. The number of H-pyrrole nitrogens is 1. The molecular weight excluding hydrogens is 490 g/mol. The number of hydrogen-bond acceptors (Lipinski definition) is 6. The van der Waals surface area contributed by atoms with Gasteiger partial charge in [-0.3, -0.25) is 14.5 Å². The van der Waals surface area contributed by atoms with Crippen LogP contribution in [0.2, 0.25) is 0 Å². The minimum absolute atomic E-state index is 0.218. The number of pyridine rings is 3. The zero-order valence-electron chi connectivity index (χ0n) is 21.5. The lowest BCUT2D eigenvalue weighted by Crippen LogP contribution is -2.31. The molecule has 0 atom stereocenters. The molecule has 1 aliphatic rings. The van der Waals surface area contributed by atoms with Crippen molar-refractivity contribution in [2.75, 3.05) is 25.5 Å². The van der Waals surface area contributed by atoms with E-state index in [-0.39, 0.29) is 5.91 Å². The maximum absolute atomic E-state index is 13.2. The molecule has 7 rings (SSSR count). The molecule has 0 unspecified atom stereocenters. The Morgan fingerprint density at radius 3 is 2.77 bits per heavy atom. The second kappa shape index (κ2) is 9.48.